The van der Waals surface area contributed by atoms with Crippen molar-refractivity contribution in [2.75, 3.05) is 0 Å². The zero-order valence-corrected chi connectivity index (χ0v) is 7.59. The number of rotatable bonds is 3. The molecular formula is C6H8N2O4S. The molecule has 0 saturated carbocycles. The lowest BCUT2D eigenvalue weighted by Crippen LogP contribution is -2.40. The molecule has 0 atom stereocenters. The Hall–Kier alpha value is -1.34. The van der Waals surface area contributed by atoms with Crippen LogP contribution in [0.15, 0.2) is 27.9 Å². The first-order valence-electron chi connectivity index (χ1n) is 3.33. The summed E-state index contributed by atoms with van der Waals surface area (Å²) in [5.41, 5.74) is 1.96. The number of amides is 1. The van der Waals surface area contributed by atoms with Crippen molar-refractivity contribution in [3.05, 3.63) is 18.6 Å². The van der Waals surface area contributed by atoms with Gasteiger partial charge in [0.2, 0.25) is 5.91 Å². The van der Waals surface area contributed by atoms with Crippen molar-refractivity contribution >= 4 is 15.9 Å². The molecule has 72 valence electrons. The highest BCUT2D eigenvalue weighted by atomic mass is 32.2. The number of carbonyl (C=O) groups excluding carboxylic acids is 1. The quantitative estimate of drug-likeness (QED) is 0.656. The maximum Gasteiger partial charge on any atom is 0.260 e. The largest absolute Gasteiger partial charge is 0.471 e. The SMILES string of the molecule is CC(=O)NNS(=O)(=O)c1ccoc1. The molecule has 6 nitrogen and oxygen atoms in total. The average Bonchev–Trinajstić information content (AvgIpc) is 2.53. The molecule has 0 aliphatic carbocycles. The molecule has 0 aliphatic rings. The number of sulfonamides is 1. The van der Waals surface area contributed by atoms with Gasteiger partial charge in [-0.2, -0.15) is 0 Å². The smallest absolute Gasteiger partial charge is 0.260 e. The molecule has 0 unspecified atom stereocenters. The van der Waals surface area contributed by atoms with Crippen LogP contribution in [0.1, 0.15) is 6.92 Å². The third-order valence-electron chi connectivity index (χ3n) is 1.17. The van der Waals surface area contributed by atoms with Crippen molar-refractivity contribution in [3.8, 4) is 0 Å². The maximum absolute atomic E-state index is 11.2. The summed E-state index contributed by atoms with van der Waals surface area (Å²) in [6, 6.07) is 1.27. The van der Waals surface area contributed by atoms with Crippen molar-refractivity contribution < 1.29 is 17.6 Å². The number of furan rings is 1. The number of nitrogens with one attached hydrogen (secondary N) is 2. The van der Waals surface area contributed by atoms with E-state index in [9.17, 15) is 13.2 Å². The fraction of sp³-hybridized carbons (Fsp3) is 0.167. The van der Waals surface area contributed by atoms with E-state index in [0.717, 1.165) is 6.26 Å². The van der Waals surface area contributed by atoms with E-state index in [0.29, 0.717) is 0 Å². The number of hydrogen-bond acceptors (Lipinski definition) is 4. The Morgan fingerprint density at radius 3 is 2.69 bits per heavy atom. The van der Waals surface area contributed by atoms with Gasteiger partial charge in [-0.05, 0) is 6.07 Å². The number of hydrazine groups is 1. The predicted molar refractivity (Wildman–Crippen MR) is 42.8 cm³/mol. The van der Waals surface area contributed by atoms with E-state index >= 15 is 0 Å². The van der Waals surface area contributed by atoms with E-state index in [1.165, 1.54) is 19.3 Å². The highest BCUT2D eigenvalue weighted by Crippen LogP contribution is 2.06. The molecule has 13 heavy (non-hydrogen) atoms. The Kier molecular flexibility index (Phi) is 2.69. The Labute approximate surface area is 74.9 Å². The van der Waals surface area contributed by atoms with Gasteiger partial charge in [-0.1, -0.05) is 0 Å². The monoisotopic (exact) mass is 204 g/mol. The Morgan fingerprint density at radius 1 is 1.54 bits per heavy atom. The van der Waals surface area contributed by atoms with Crippen LogP contribution < -0.4 is 10.3 Å². The standard InChI is InChI=1S/C6H8N2O4S/c1-5(9)7-8-13(10,11)6-2-3-12-4-6/h2-4,8H,1H3,(H,7,9). The van der Waals surface area contributed by atoms with Crippen LogP contribution in [0.4, 0.5) is 0 Å². The van der Waals surface area contributed by atoms with Gasteiger partial charge in [-0.15, -0.1) is 4.83 Å². The van der Waals surface area contributed by atoms with E-state index < -0.39 is 15.9 Å². The van der Waals surface area contributed by atoms with Crippen molar-refractivity contribution in [1.29, 1.82) is 0 Å². The second-order valence-corrected chi connectivity index (χ2v) is 3.93. The summed E-state index contributed by atoms with van der Waals surface area (Å²) in [6.07, 6.45) is 2.28. The van der Waals surface area contributed by atoms with Crippen LogP contribution in [0.3, 0.4) is 0 Å². The first-order chi connectivity index (χ1) is 6.02. The Morgan fingerprint density at radius 2 is 2.23 bits per heavy atom. The second-order valence-electron chi connectivity index (χ2n) is 2.25. The molecular weight excluding hydrogens is 196 g/mol. The Bertz CT molecular complexity index is 381. The molecule has 0 fully saturated rings. The molecule has 1 aromatic rings. The van der Waals surface area contributed by atoms with Gasteiger partial charge in [0.1, 0.15) is 11.2 Å². The first-order valence-corrected chi connectivity index (χ1v) is 4.81. The van der Waals surface area contributed by atoms with Crippen molar-refractivity contribution in [3.63, 3.8) is 0 Å². The second kappa shape index (κ2) is 3.58. The van der Waals surface area contributed by atoms with E-state index in [1.54, 1.807) is 0 Å². The normalized spacial score (nSPS) is 11.2. The first kappa shape index (κ1) is 9.75. The van der Waals surface area contributed by atoms with Gasteiger partial charge >= 0.3 is 0 Å². The summed E-state index contributed by atoms with van der Waals surface area (Å²) in [7, 11) is -3.69. The van der Waals surface area contributed by atoms with E-state index in [1.807, 2.05) is 10.3 Å². The molecule has 1 amide bonds. The van der Waals surface area contributed by atoms with E-state index in [-0.39, 0.29) is 4.90 Å². The average molecular weight is 204 g/mol. The minimum Gasteiger partial charge on any atom is -0.471 e. The van der Waals surface area contributed by atoms with Gasteiger partial charge in [-0.3, -0.25) is 10.2 Å². The summed E-state index contributed by atoms with van der Waals surface area (Å²) >= 11 is 0. The number of carbonyl (C=O) groups is 1. The van der Waals surface area contributed by atoms with Crippen LogP contribution in [-0.2, 0) is 14.8 Å². The highest BCUT2D eigenvalue weighted by Gasteiger charge is 2.14. The highest BCUT2D eigenvalue weighted by molar-refractivity contribution is 7.89. The minimum absolute atomic E-state index is 0.0405. The van der Waals surface area contributed by atoms with Crippen LogP contribution >= 0.6 is 0 Å². The zero-order valence-electron chi connectivity index (χ0n) is 6.77. The molecule has 0 radical (unpaired) electrons. The van der Waals surface area contributed by atoms with E-state index in [2.05, 4.69) is 4.42 Å². The summed E-state index contributed by atoms with van der Waals surface area (Å²) in [4.78, 5) is 12.2. The molecule has 0 spiro atoms. The molecule has 0 bridgehead atoms. The zero-order chi connectivity index (χ0) is 9.90. The van der Waals surface area contributed by atoms with Gasteiger partial charge < -0.3 is 4.42 Å². The van der Waals surface area contributed by atoms with Gasteiger partial charge in [-0.25, -0.2) is 8.42 Å². The lowest BCUT2D eigenvalue weighted by molar-refractivity contribution is -0.119. The fourth-order valence-electron chi connectivity index (χ4n) is 0.603. The van der Waals surface area contributed by atoms with Gasteiger partial charge in [0.25, 0.3) is 10.0 Å². The third-order valence-corrected chi connectivity index (χ3v) is 2.39. The topological polar surface area (TPSA) is 88.4 Å². The van der Waals surface area contributed by atoms with Crippen molar-refractivity contribution in [2.45, 2.75) is 11.8 Å². The van der Waals surface area contributed by atoms with Crippen molar-refractivity contribution in [2.24, 2.45) is 0 Å². The molecule has 1 heterocycles. The summed E-state index contributed by atoms with van der Waals surface area (Å²) in [5, 5.41) is 0. The number of hydrogen-bond donors (Lipinski definition) is 2. The van der Waals surface area contributed by atoms with Crippen molar-refractivity contribution in [1.82, 2.24) is 10.3 Å². The van der Waals surface area contributed by atoms with Crippen LogP contribution in [0, 0.1) is 0 Å². The molecule has 0 aromatic carbocycles. The Balaban J connectivity index is 2.74. The third kappa shape index (κ3) is 2.56. The van der Waals surface area contributed by atoms with E-state index in [4.69, 9.17) is 0 Å². The molecule has 2 N–H and O–H groups in total. The van der Waals surface area contributed by atoms with Crippen LogP contribution in [0.2, 0.25) is 0 Å². The molecule has 1 aromatic heterocycles. The van der Waals surface area contributed by atoms with Crippen LogP contribution in [0.25, 0.3) is 0 Å². The minimum atomic E-state index is -3.69. The van der Waals surface area contributed by atoms with Crippen LogP contribution in [0.5, 0.6) is 0 Å². The van der Waals surface area contributed by atoms with Crippen LogP contribution in [-0.4, -0.2) is 14.3 Å². The summed E-state index contributed by atoms with van der Waals surface area (Å²) < 4.78 is 27.0. The van der Waals surface area contributed by atoms with Gasteiger partial charge in [0.05, 0.1) is 6.26 Å². The molecule has 0 aliphatic heterocycles. The lowest BCUT2D eigenvalue weighted by Gasteiger charge is -2.02. The van der Waals surface area contributed by atoms with Gasteiger partial charge in [0.15, 0.2) is 0 Å². The predicted octanol–water partition coefficient (Wildman–Crippen LogP) is -0.391. The van der Waals surface area contributed by atoms with Gasteiger partial charge in [0, 0.05) is 6.92 Å². The molecule has 7 heteroatoms. The maximum atomic E-state index is 11.2. The molecule has 0 saturated heterocycles. The summed E-state index contributed by atoms with van der Waals surface area (Å²) in [5.74, 6) is -0.493. The fourth-order valence-corrected chi connectivity index (χ4v) is 1.42. The summed E-state index contributed by atoms with van der Waals surface area (Å²) in [6.45, 7) is 1.19. The lowest BCUT2D eigenvalue weighted by atomic mass is 10.7. The molecule has 1 rings (SSSR count).